The van der Waals surface area contributed by atoms with Crippen LogP contribution in [-0.4, -0.2) is 16.6 Å². The molecule has 3 atom stereocenters. The topological polar surface area (TPSA) is 67.8 Å². The van der Waals surface area contributed by atoms with E-state index in [1.807, 2.05) is 6.92 Å². The highest BCUT2D eigenvalue weighted by Crippen LogP contribution is 2.47. The van der Waals surface area contributed by atoms with E-state index in [-0.39, 0.29) is 17.3 Å². The molecule has 5 nitrogen and oxygen atoms in total. The zero-order valence-corrected chi connectivity index (χ0v) is 28.6. The summed E-state index contributed by atoms with van der Waals surface area (Å²) in [5.74, 6) is 4.48. The van der Waals surface area contributed by atoms with E-state index in [0.29, 0.717) is 17.9 Å². The third-order valence-corrected chi connectivity index (χ3v) is 9.61. The van der Waals surface area contributed by atoms with Crippen LogP contribution in [0.15, 0.2) is 18.2 Å². The molecule has 2 aromatic carbocycles. The van der Waals surface area contributed by atoms with Crippen LogP contribution in [0.1, 0.15) is 134 Å². The number of anilines is 1. The molecule has 0 aromatic heterocycles. The second-order valence-electron chi connectivity index (χ2n) is 14.1. The van der Waals surface area contributed by atoms with Crippen LogP contribution in [0.2, 0.25) is 0 Å². The van der Waals surface area contributed by atoms with Crippen molar-refractivity contribution in [2.45, 2.75) is 145 Å². The minimum absolute atomic E-state index is 0.0397. The van der Waals surface area contributed by atoms with Gasteiger partial charge in [0.25, 0.3) is 0 Å². The number of aromatic hydroxyl groups is 1. The van der Waals surface area contributed by atoms with Gasteiger partial charge in [-0.15, -0.1) is 0 Å². The molecular formula is C38H59NO4. The minimum atomic E-state index is -0.159. The molecule has 5 heteroatoms. The summed E-state index contributed by atoms with van der Waals surface area (Å²) in [7, 11) is 0. The Labute approximate surface area is 262 Å². The van der Waals surface area contributed by atoms with Gasteiger partial charge in [-0.2, -0.15) is 0 Å². The first-order valence-electron chi connectivity index (χ1n) is 17.0. The molecule has 240 valence electrons. The van der Waals surface area contributed by atoms with E-state index >= 15 is 0 Å². The molecule has 0 radical (unpaired) electrons. The summed E-state index contributed by atoms with van der Waals surface area (Å²) in [5, 5.41) is 13.4. The van der Waals surface area contributed by atoms with Crippen LogP contribution >= 0.6 is 0 Å². The minimum Gasteiger partial charge on any atom is -0.504 e. The molecule has 0 saturated carbocycles. The number of phenols is 1. The molecular weight excluding hydrogens is 534 g/mol. The summed E-state index contributed by atoms with van der Waals surface area (Å²) in [4.78, 5) is 11.9. The predicted octanol–water partition coefficient (Wildman–Crippen LogP) is 11.0. The highest BCUT2D eigenvalue weighted by atomic mass is 16.5. The van der Waals surface area contributed by atoms with Crippen molar-refractivity contribution in [1.29, 1.82) is 0 Å². The SMILES string of the molecule is CCC(=O)Nc1ccc(O)c(Oc2c(C)c(C)c3c(c2C)CCC(C)(CCCC(C)CCCC(C)CCCC(C)C)O3)c1. The van der Waals surface area contributed by atoms with Crippen LogP contribution in [0.4, 0.5) is 5.69 Å². The van der Waals surface area contributed by atoms with Gasteiger partial charge >= 0.3 is 0 Å². The van der Waals surface area contributed by atoms with Crippen LogP contribution in [0.5, 0.6) is 23.0 Å². The number of carbonyl (C=O) groups is 1. The quantitative estimate of drug-likeness (QED) is 0.190. The number of hydrogen-bond donors (Lipinski definition) is 2. The van der Waals surface area contributed by atoms with Gasteiger partial charge < -0.3 is 19.9 Å². The van der Waals surface area contributed by atoms with Gasteiger partial charge in [0.15, 0.2) is 11.5 Å². The number of benzene rings is 2. The Hall–Kier alpha value is -2.69. The summed E-state index contributed by atoms with van der Waals surface area (Å²) >= 11 is 0. The molecule has 0 fully saturated rings. The molecule has 3 unspecified atom stereocenters. The third kappa shape index (κ3) is 9.91. The first kappa shape index (κ1) is 34.8. The lowest BCUT2D eigenvalue weighted by molar-refractivity contribution is -0.115. The maximum atomic E-state index is 11.9. The van der Waals surface area contributed by atoms with Crippen molar-refractivity contribution in [2.24, 2.45) is 17.8 Å². The highest BCUT2D eigenvalue weighted by Gasteiger charge is 2.34. The van der Waals surface area contributed by atoms with E-state index in [2.05, 4.69) is 60.7 Å². The fraction of sp³-hybridized carbons (Fsp3) is 0.658. The monoisotopic (exact) mass is 593 g/mol. The Kier molecular flexibility index (Phi) is 12.8. The van der Waals surface area contributed by atoms with Gasteiger partial charge in [0.2, 0.25) is 5.91 Å². The Balaban J connectivity index is 1.58. The molecule has 0 bridgehead atoms. The number of carbonyl (C=O) groups excluding carboxylic acids is 1. The van der Waals surface area contributed by atoms with Gasteiger partial charge in [-0.25, -0.2) is 0 Å². The van der Waals surface area contributed by atoms with Crippen molar-refractivity contribution in [3.63, 3.8) is 0 Å². The molecule has 0 spiro atoms. The van der Waals surface area contributed by atoms with Gasteiger partial charge in [-0.05, 0) is 100.0 Å². The molecule has 1 heterocycles. The largest absolute Gasteiger partial charge is 0.504 e. The van der Waals surface area contributed by atoms with Crippen molar-refractivity contribution in [2.75, 3.05) is 5.32 Å². The van der Waals surface area contributed by atoms with Gasteiger partial charge in [0, 0.05) is 23.7 Å². The number of nitrogens with one attached hydrogen (secondary N) is 1. The average molecular weight is 594 g/mol. The standard InChI is InChI=1S/C38H59NO4/c1-10-35(41)39-31-19-20-33(40)34(24-31)42-36-28(6)29(7)37-32(30(36)8)21-23-38(9,43-37)22-13-18-27(5)17-12-16-26(4)15-11-14-25(2)3/h19-20,24-27,40H,10-18,21-23H2,1-9H3,(H,39,41). The number of amides is 1. The average Bonchev–Trinajstić information content (AvgIpc) is 2.95. The second kappa shape index (κ2) is 15.9. The fourth-order valence-electron chi connectivity index (χ4n) is 6.45. The number of ether oxygens (including phenoxy) is 2. The lowest BCUT2D eigenvalue weighted by Crippen LogP contribution is -2.37. The molecule has 0 aliphatic carbocycles. The number of phenolic OH excluding ortho intramolecular Hbond substituents is 1. The van der Waals surface area contributed by atoms with Crippen LogP contribution in [0.3, 0.4) is 0 Å². The zero-order valence-electron chi connectivity index (χ0n) is 28.6. The van der Waals surface area contributed by atoms with E-state index in [1.165, 1.54) is 56.9 Å². The van der Waals surface area contributed by atoms with Crippen molar-refractivity contribution in [1.82, 2.24) is 0 Å². The van der Waals surface area contributed by atoms with Crippen LogP contribution in [0.25, 0.3) is 0 Å². The zero-order chi connectivity index (χ0) is 31.7. The summed E-state index contributed by atoms with van der Waals surface area (Å²) in [6, 6.07) is 4.92. The summed E-state index contributed by atoms with van der Waals surface area (Å²) in [5.41, 5.74) is 4.79. The van der Waals surface area contributed by atoms with Crippen molar-refractivity contribution >= 4 is 11.6 Å². The molecule has 2 aromatic rings. The van der Waals surface area contributed by atoms with Gasteiger partial charge in [-0.3, -0.25) is 4.79 Å². The predicted molar refractivity (Wildman–Crippen MR) is 180 cm³/mol. The van der Waals surface area contributed by atoms with Gasteiger partial charge in [-0.1, -0.05) is 79.6 Å². The number of fused-ring (bicyclic) bond motifs is 1. The Morgan fingerprint density at radius 3 is 2.21 bits per heavy atom. The Bertz CT molecular complexity index is 1220. The second-order valence-corrected chi connectivity index (χ2v) is 14.1. The van der Waals surface area contributed by atoms with E-state index in [0.717, 1.165) is 65.2 Å². The summed E-state index contributed by atoms with van der Waals surface area (Å²) in [6.45, 7) is 19.8. The van der Waals surface area contributed by atoms with Crippen LogP contribution in [-0.2, 0) is 11.2 Å². The Morgan fingerprint density at radius 2 is 1.58 bits per heavy atom. The van der Waals surface area contributed by atoms with Crippen molar-refractivity contribution in [3.05, 3.63) is 40.5 Å². The first-order chi connectivity index (χ1) is 20.3. The third-order valence-electron chi connectivity index (χ3n) is 9.61. The number of rotatable bonds is 16. The van der Waals surface area contributed by atoms with Crippen LogP contribution in [0, 0.1) is 38.5 Å². The molecule has 3 rings (SSSR count). The molecule has 2 N–H and O–H groups in total. The molecule has 1 aliphatic heterocycles. The maximum absolute atomic E-state index is 11.9. The molecule has 1 aliphatic rings. The van der Waals surface area contributed by atoms with E-state index in [4.69, 9.17) is 9.47 Å². The van der Waals surface area contributed by atoms with E-state index < -0.39 is 0 Å². The maximum Gasteiger partial charge on any atom is 0.224 e. The molecule has 43 heavy (non-hydrogen) atoms. The normalized spacial score (nSPS) is 17.7. The smallest absolute Gasteiger partial charge is 0.224 e. The summed E-state index contributed by atoms with van der Waals surface area (Å²) in [6.07, 6.45) is 14.0. The summed E-state index contributed by atoms with van der Waals surface area (Å²) < 4.78 is 13.1. The van der Waals surface area contributed by atoms with Gasteiger partial charge in [0.1, 0.15) is 17.1 Å². The fourth-order valence-corrected chi connectivity index (χ4v) is 6.45. The lowest BCUT2D eigenvalue weighted by Gasteiger charge is -2.38. The first-order valence-corrected chi connectivity index (χ1v) is 17.0. The van der Waals surface area contributed by atoms with E-state index in [9.17, 15) is 9.90 Å². The van der Waals surface area contributed by atoms with Crippen molar-refractivity contribution in [3.8, 4) is 23.0 Å². The Morgan fingerprint density at radius 1 is 0.953 bits per heavy atom. The van der Waals surface area contributed by atoms with Crippen LogP contribution < -0.4 is 14.8 Å². The van der Waals surface area contributed by atoms with E-state index in [1.54, 1.807) is 18.2 Å². The molecule has 0 saturated heterocycles. The van der Waals surface area contributed by atoms with Crippen molar-refractivity contribution < 1.29 is 19.4 Å². The molecule has 1 amide bonds. The highest BCUT2D eigenvalue weighted by molar-refractivity contribution is 5.90. The number of hydrogen-bond acceptors (Lipinski definition) is 4. The van der Waals surface area contributed by atoms with Gasteiger partial charge in [0.05, 0.1) is 0 Å². The lowest BCUT2D eigenvalue weighted by atomic mass is 9.83.